The average molecular weight is 259 g/mol. The zero-order chi connectivity index (χ0) is 13.2. The van der Waals surface area contributed by atoms with Crippen LogP contribution in [0.5, 0.6) is 0 Å². The van der Waals surface area contributed by atoms with Gasteiger partial charge in [-0.05, 0) is 44.4 Å². The molecule has 0 radical (unpaired) electrons. The van der Waals surface area contributed by atoms with E-state index in [4.69, 9.17) is 0 Å². The lowest BCUT2D eigenvalue weighted by Crippen LogP contribution is -2.31. The molecule has 100 valence electrons. The Morgan fingerprint density at radius 2 is 2.16 bits per heavy atom. The van der Waals surface area contributed by atoms with Gasteiger partial charge in [0.2, 0.25) is 0 Å². The van der Waals surface area contributed by atoms with Crippen molar-refractivity contribution in [2.75, 3.05) is 0 Å². The summed E-state index contributed by atoms with van der Waals surface area (Å²) < 4.78 is 1.91. The van der Waals surface area contributed by atoms with Gasteiger partial charge in [0.05, 0.1) is 0 Å². The smallest absolute Gasteiger partial charge is 0.329 e. The van der Waals surface area contributed by atoms with E-state index < -0.39 is 11.5 Å². The Hall–Kier alpha value is -1.65. The molecule has 2 bridgehead atoms. The summed E-state index contributed by atoms with van der Waals surface area (Å²) in [5.74, 6) is 2.43. The first-order valence-electron chi connectivity index (χ1n) is 6.96. The summed E-state index contributed by atoms with van der Waals surface area (Å²) in [6, 6.07) is 0. The lowest BCUT2D eigenvalue weighted by molar-refractivity contribution is -0.142. The van der Waals surface area contributed by atoms with Gasteiger partial charge >= 0.3 is 5.97 Å². The van der Waals surface area contributed by atoms with Crippen LogP contribution in [0.2, 0.25) is 0 Å². The molecule has 1 aromatic rings. The second-order valence-corrected chi connectivity index (χ2v) is 6.16. The van der Waals surface area contributed by atoms with E-state index in [1.807, 2.05) is 11.5 Å². The van der Waals surface area contributed by atoms with Crippen LogP contribution in [0.4, 0.5) is 0 Å². The summed E-state index contributed by atoms with van der Waals surface area (Å²) in [7, 11) is 0. The molecule has 5 heteroatoms. The highest BCUT2D eigenvalue weighted by Crippen LogP contribution is 2.52. The van der Waals surface area contributed by atoms with E-state index in [0.717, 1.165) is 18.1 Å². The molecule has 0 aliphatic heterocycles. The van der Waals surface area contributed by atoms with Crippen molar-refractivity contribution < 1.29 is 9.90 Å². The van der Waals surface area contributed by atoms with Crippen molar-refractivity contribution in [1.82, 2.24) is 14.8 Å². The Kier molecular flexibility index (Phi) is 2.04. The van der Waals surface area contributed by atoms with E-state index in [-0.39, 0.29) is 0 Å². The molecule has 1 heterocycles. The topological polar surface area (TPSA) is 68.0 Å². The molecule has 3 aliphatic rings. The average Bonchev–Trinajstić information content (AvgIpc) is 2.74. The number of hydrogen-bond acceptors (Lipinski definition) is 3. The number of carbonyl (C=O) groups is 1. The Balaban J connectivity index is 1.78. The third-order valence-corrected chi connectivity index (χ3v) is 5.01. The van der Waals surface area contributed by atoms with Crippen LogP contribution in [0.25, 0.3) is 0 Å². The zero-order valence-electron chi connectivity index (χ0n) is 10.9. The number of aryl methyl sites for hydroxylation is 1. The molecule has 0 aromatic carbocycles. The minimum atomic E-state index is -0.755. The second kappa shape index (κ2) is 3.46. The Bertz CT molecular complexity index is 586. The van der Waals surface area contributed by atoms with Crippen LogP contribution in [0, 0.1) is 18.8 Å². The highest BCUT2D eigenvalue weighted by Gasteiger charge is 2.55. The second-order valence-electron chi connectivity index (χ2n) is 6.16. The predicted octanol–water partition coefficient (Wildman–Crippen LogP) is 1.84. The minimum Gasteiger partial charge on any atom is -0.479 e. The van der Waals surface area contributed by atoms with Gasteiger partial charge in [-0.25, -0.2) is 4.79 Å². The monoisotopic (exact) mass is 259 g/mol. The quantitative estimate of drug-likeness (QED) is 0.841. The maximum absolute atomic E-state index is 11.6. The fourth-order valence-electron chi connectivity index (χ4n) is 3.88. The first-order chi connectivity index (χ1) is 9.12. The molecule has 3 atom stereocenters. The lowest BCUT2D eigenvalue weighted by Gasteiger charge is -2.22. The van der Waals surface area contributed by atoms with Crippen molar-refractivity contribution in [2.24, 2.45) is 11.8 Å². The summed E-state index contributed by atoms with van der Waals surface area (Å²) in [6.07, 6.45) is 8.24. The van der Waals surface area contributed by atoms with Gasteiger partial charge in [0.15, 0.2) is 0 Å². The van der Waals surface area contributed by atoms with Crippen molar-refractivity contribution in [3.8, 4) is 0 Å². The predicted molar refractivity (Wildman–Crippen MR) is 67.7 cm³/mol. The molecular formula is C14H17N3O2. The maximum atomic E-state index is 11.6. The summed E-state index contributed by atoms with van der Waals surface area (Å²) in [4.78, 5) is 11.6. The van der Waals surface area contributed by atoms with Crippen LogP contribution >= 0.6 is 0 Å². The molecule has 4 rings (SSSR count). The first kappa shape index (κ1) is 11.2. The lowest BCUT2D eigenvalue weighted by atomic mass is 9.92. The number of carboxylic acid groups (broad SMARTS) is 1. The number of aliphatic carboxylic acids is 1. The number of aromatic nitrogens is 3. The molecule has 2 fully saturated rings. The van der Waals surface area contributed by atoms with Gasteiger partial charge in [0, 0.05) is 5.92 Å². The van der Waals surface area contributed by atoms with Crippen LogP contribution in [0.3, 0.4) is 0 Å². The van der Waals surface area contributed by atoms with Crippen molar-refractivity contribution in [2.45, 2.75) is 44.1 Å². The normalized spacial score (nSPS) is 33.8. The van der Waals surface area contributed by atoms with Crippen LogP contribution in [-0.2, 0) is 10.3 Å². The number of rotatable bonds is 3. The maximum Gasteiger partial charge on any atom is 0.329 e. The third kappa shape index (κ3) is 1.38. The molecular weight excluding hydrogens is 242 g/mol. The van der Waals surface area contributed by atoms with Gasteiger partial charge in [-0.3, -0.25) is 4.57 Å². The van der Waals surface area contributed by atoms with Gasteiger partial charge in [0.1, 0.15) is 17.2 Å². The molecule has 1 N–H and O–H groups in total. The van der Waals surface area contributed by atoms with Crippen LogP contribution < -0.4 is 0 Å². The van der Waals surface area contributed by atoms with Gasteiger partial charge in [-0.15, -0.1) is 10.2 Å². The molecule has 2 saturated carbocycles. The van der Waals surface area contributed by atoms with Gasteiger partial charge < -0.3 is 5.11 Å². The molecule has 3 unspecified atom stereocenters. The summed E-state index contributed by atoms with van der Waals surface area (Å²) in [6.45, 7) is 1.86. The zero-order valence-corrected chi connectivity index (χ0v) is 10.9. The number of nitrogens with zero attached hydrogens (tertiary/aromatic N) is 3. The van der Waals surface area contributed by atoms with Crippen LogP contribution in [0.15, 0.2) is 12.2 Å². The minimum absolute atomic E-state index is 0.355. The van der Waals surface area contributed by atoms with Crippen molar-refractivity contribution in [1.29, 1.82) is 0 Å². The number of hydrogen-bond donors (Lipinski definition) is 1. The first-order valence-corrected chi connectivity index (χ1v) is 6.96. The molecule has 0 amide bonds. The fraction of sp³-hybridized carbons (Fsp3) is 0.643. The summed E-state index contributed by atoms with van der Waals surface area (Å²) >= 11 is 0. The number of fused-ring (bicyclic) bond motifs is 2. The van der Waals surface area contributed by atoms with Crippen LogP contribution in [-0.4, -0.2) is 25.8 Å². The summed E-state index contributed by atoms with van der Waals surface area (Å²) in [5.41, 5.74) is -0.755. The summed E-state index contributed by atoms with van der Waals surface area (Å²) in [5, 5.41) is 18.0. The molecule has 1 aromatic heterocycles. The number of carboxylic acids is 1. The Labute approximate surface area is 111 Å². The van der Waals surface area contributed by atoms with E-state index in [1.165, 1.54) is 6.42 Å². The molecule has 0 spiro atoms. The highest BCUT2D eigenvalue weighted by molar-refractivity contribution is 5.80. The molecule has 5 nitrogen and oxygen atoms in total. The van der Waals surface area contributed by atoms with Crippen molar-refractivity contribution in [3.63, 3.8) is 0 Å². The van der Waals surface area contributed by atoms with E-state index >= 15 is 0 Å². The third-order valence-electron chi connectivity index (χ3n) is 5.01. The standard InChI is InChI=1S/C14H17N3O2/c1-8-15-16-12(11-7-9-2-3-10(11)6-9)17(8)14(4-5-14)13(18)19/h2-3,9-11H,4-7H2,1H3,(H,18,19). The van der Waals surface area contributed by atoms with Crippen molar-refractivity contribution >= 4 is 5.97 Å². The Morgan fingerprint density at radius 3 is 2.68 bits per heavy atom. The molecule has 19 heavy (non-hydrogen) atoms. The van der Waals surface area contributed by atoms with E-state index in [1.54, 1.807) is 0 Å². The van der Waals surface area contributed by atoms with Crippen LogP contribution in [0.1, 0.15) is 43.3 Å². The van der Waals surface area contributed by atoms with Gasteiger partial charge in [0.25, 0.3) is 0 Å². The van der Waals surface area contributed by atoms with E-state index in [2.05, 4.69) is 22.3 Å². The van der Waals surface area contributed by atoms with Gasteiger partial charge in [-0.2, -0.15) is 0 Å². The van der Waals surface area contributed by atoms with E-state index in [0.29, 0.717) is 30.6 Å². The largest absolute Gasteiger partial charge is 0.479 e. The van der Waals surface area contributed by atoms with Crippen molar-refractivity contribution in [3.05, 3.63) is 23.8 Å². The molecule has 3 aliphatic carbocycles. The molecule has 0 saturated heterocycles. The number of allylic oxidation sites excluding steroid dienone is 2. The van der Waals surface area contributed by atoms with E-state index in [9.17, 15) is 9.90 Å². The fourth-order valence-corrected chi connectivity index (χ4v) is 3.88. The van der Waals surface area contributed by atoms with Gasteiger partial charge in [-0.1, -0.05) is 12.2 Å². The SMILES string of the molecule is Cc1nnc(C2CC3C=CC2C3)n1C1(C(=O)O)CC1. The Morgan fingerprint density at radius 1 is 1.37 bits per heavy atom. The highest BCUT2D eigenvalue weighted by atomic mass is 16.4.